The summed E-state index contributed by atoms with van der Waals surface area (Å²) < 4.78 is 38.7. The molecule has 3 atom stereocenters. The van der Waals surface area contributed by atoms with E-state index in [1.54, 1.807) is 12.1 Å². The van der Waals surface area contributed by atoms with E-state index < -0.39 is 42.6 Å². The fourth-order valence-electron chi connectivity index (χ4n) is 2.71. The number of rotatable bonds is 5. The Morgan fingerprint density at radius 3 is 2.57 bits per heavy atom. The van der Waals surface area contributed by atoms with E-state index in [4.69, 9.17) is 14.6 Å². The number of hydrogen-bond acceptors (Lipinski definition) is 7. The number of aromatic nitrogens is 2. The number of methoxy groups -OCH3 is 1. The van der Waals surface area contributed by atoms with Crippen LogP contribution in [-0.2, 0) is 4.74 Å². The van der Waals surface area contributed by atoms with Crippen LogP contribution >= 0.6 is 0 Å². The first-order chi connectivity index (χ1) is 13.3. The molecule has 2 aromatic rings. The number of nitrogens with zero attached hydrogens (tertiary/aromatic N) is 2. The van der Waals surface area contributed by atoms with Gasteiger partial charge < -0.3 is 25.0 Å². The number of anilines is 1. The molecule has 2 heterocycles. The number of ether oxygens (including phenoxy) is 2. The number of halogens is 2. The summed E-state index contributed by atoms with van der Waals surface area (Å²) in [7, 11) is 1.48. The van der Waals surface area contributed by atoms with Crippen LogP contribution < -0.4 is 15.7 Å². The smallest absolute Gasteiger partial charge is 0.351 e. The fraction of sp³-hybridized carbons (Fsp3) is 0.353. The monoisotopic (exact) mass is 397 g/mol. The zero-order chi connectivity index (χ0) is 20.5. The van der Waals surface area contributed by atoms with Gasteiger partial charge in [-0.15, -0.1) is 0 Å². The number of carbonyl (C=O) groups is 1. The van der Waals surface area contributed by atoms with Crippen LogP contribution in [0.4, 0.5) is 14.6 Å². The standard InChI is InChI=1S/C17H17F2N3O6/c1-27-10-4-2-9(3-5-10)14(25)20-12-6-7-22(16(26)21-12)15-17(18,19)13(24)11(8-23)28-15/h2-7,11,13,15,23-24H,8H2,1H3,(H,20,21,25,26)/t11-,13-,15?/m1/s1. The molecule has 0 spiro atoms. The Balaban J connectivity index is 1.79. The van der Waals surface area contributed by atoms with E-state index in [2.05, 4.69) is 10.3 Å². The van der Waals surface area contributed by atoms with Crippen molar-refractivity contribution in [2.24, 2.45) is 0 Å². The summed E-state index contributed by atoms with van der Waals surface area (Å²) in [6, 6.07) is 7.28. The number of nitrogens with one attached hydrogen (secondary N) is 1. The quantitative estimate of drug-likeness (QED) is 0.667. The van der Waals surface area contributed by atoms with Gasteiger partial charge in [0.25, 0.3) is 5.91 Å². The molecular weight excluding hydrogens is 380 g/mol. The maximum Gasteiger partial charge on any atom is 0.351 e. The Morgan fingerprint density at radius 2 is 2.04 bits per heavy atom. The minimum absolute atomic E-state index is 0.150. The molecule has 1 amide bonds. The van der Waals surface area contributed by atoms with Crippen LogP contribution in [0.25, 0.3) is 0 Å². The van der Waals surface area contributed by atoms with Crippen molar-refractivity contribution >= 4 is 11.7 Å². The molecular formula is C17H17F2N3O6. The van der Waals surface area contributed by atoms with Crippen molar-refractivity contribution in [3.8, 4) is 5.75 Å². The number of aliphatic hydroxyl groups is 2. The van der Waals surface area contributed by atoms with Gasteiger partial charge in [0, 0.05) is 11.8 Å². The molecule has 1 aromatic heterocycles. The molecule has 1 aromatic carbocycles. The highest BCUT2D eigenvalue weighted by Gasteiger charge is 2.59. The van der Waals surface area contributed by atoms with Crippen LogP contribution in [0.5, 0.6) is 5.75 Å². The molecule has 3 rings (SSSR count). The van der Waals surface area contributed by atoms with Gasteiger partial charge >= 0.3 is 11.6 Å². The zero-order valence-electron chi connectivity index (χ0n) is 14.6. The van der Waals surface area contributed by atoms with Crippen LogP contribution in [0.1, 0.15) is 16.6 Å². The number of amides is 1. The van der Waals surface area contributed by atoms with E-state index in [0.717, 1.165) is 12.3 Å². The summed E-state index contributed by atoms with van der Waals surface area (Å²) in [5, 5.41) is 20.9. The van der Waals surface area contributed by atoms with Gasteiger partial charge in [-0.3, -0.25) is 9.36 Å². The third-order valence-corrected chi connectivity index (χ3v) is 4.24. The summed E-state index contributed by atoms with van der Waals surface area (Å²) in [6.45, 7) is -0.842. The molecule has 1 aliphatic rings. The van der Waals surface area contributed by atoms with Crippen LogP contribution in [0.3, 0.4) is 0 Å². The lowest BCUT2D eigenvalue weighted by molar-refractivity contribution is -0.140. The van der Waals surface area contributed by atoms with E-state index in [-0.39, 0.29) is 11.4 Å². The number of alkyl halides is 2. The van der Waals surface area contributed by atoms with Gasteiger partial charge in [0.15, 0.2) is 6.10 Å². The second-order valence-electron chi connectivity index (χ2n) is 6.01. The van der Waals surface area contributed by atoms with Crippen molar-refractivity contribution in [1.29, 1.82) is 0 Å². The number of benzene rings is 1. The summed E-state index contributed by atoms with van der Waals surface area (Å²) in [5.74, 6) is -3.97. The average Bonchev–Trinajstić information content (AvgIpc) is 2.91. The second kappa shape index (κ2) is 7.62. The maximum atomic E-state index is 14.1. The molecule has 0 radical (unpaired) electrons. The summed E-state index contributed by atoms with van der Waals surface area (Å²) >= 11 is 0. The molecule has 1 fully saturated rings. The topological polar surface area (TPSA) is 123 Å². The normalized spacial score (nSPS) is 23.4. The van der Waals surface area contributed by atoms with Gasteiger partial charge in [-0.05, 0) is 30.3 Å². The number of carbonyl (C=O) groups excluding carboxylic acids is 1. The molecule has 0 bridgehead atoms. The molecule has 1 aliphatic heterocycles. The van der Waals surface area contributed by atoms with Crippen LogP contribution in [0, 0.1) is 0 Å². The molecule has 3 N–H and O–H groups in total. The molecule has 28 heavy (non-hydrogen) atoms. The Kier molecular flexibility index (Phi) is 5.40. The minimum atomic E-state index is -3.81. The molecule has 150 valence electrons. The highest BCUT2D eigenvalue weighted by Crippen LogP contribution is 2.41. The van der Waals surface area contributed by atoms with Gasteiger partial charge in [-0.25, -0.2) is 4.79 Å². The van der Waals surface area contributed by atoms with Gasteiger partial charge in [-0.2, -0.15) is 13.8 Å². The van der Waals surface area contributed by atoms with E-state index in [1.165, 1.54) is 19.2 Å². The van der Waals surface area contributed by atoms with E-state index in [9.17, 15) is 23.5 Å². The summed E-state index contributed by atoms with van der Waals surface area (Å²) in [5.41, 5.74) is -0.852. The third-order valence-electron chi connectivity index (χ3n) is 4.24. The molecule has 0 saturated carbocycles. The van der Waals surface area contributed by atoms with Crippen LogP contribution in [0.2, 0.25) is 0 Å². The van der Waals surface area contributed by atoms with E-state index in [1.807, 2.05) is 0 Å². The predicted molar refractivity (Wildman–Crippen MR) is 91.4 cm³/mol. The molecule has 0 aliphatic carbocycles. The summed E-state index contributed by atoms with van der Waals surface area (Å²) in [4.78, 5) is 27.9. The van der Waals surface area contributed by atoms with Crippen molar-refractivity contribution in [2.75, 3.05) is 19.0 Å². The Morgan fingerprint density at radius 1 is 1.36 bits per heavy atom. The minimum Gasteiger partial charge on any atom is -0.497 e. The lowest BCUT2D eigenvalue weighted by Crippen LogP contribution is -2.41. The van der Waals surface area contributed by atoms with Gasteiger partial charge in [-0.1, -0.05) is 0 Å². The lowest BCUT2D eigenvalue weighted by Gasteiger charge is -2.21. The second-order valence-corrected chi connectivity index (χ2v) is 6.01. The first-order valence-electron chi connectivity index (χ1n) is 8.14. The molecule has 1 saturated heterocycles. The third kappa shape index (κ3) is 3.59. The van der Waals surface area contributed by atoms with Crippen molar-refractivity contribution in [1.82, 2.24) is 9.55 Å². The first kappa shape index (κ1) is 19.9. The van der Waals surface area contributed by atoms with Gasteiger partial charge in [0.05, 0.1) is 13.7 Å². The van der Waals surface area contributed by atoms with Gasteiger partial charge in [0.2, 0.25) is 6.23 Å². The van der Waals surface area contributed by atoms with Crippen molar-refractivity contribution in [3.05, 3.63) is 52.6 Å². The summed E-state index contributed by atoms with van der Waals surface area (Å²) in [6.07, 6.45) is -4.99. The van der Waals surface area contributed by atoms with E-state index >= 15 is 0 Å². The predicted octanol–water partition coefficient (Wildman–Crippen LogP) is 0.390. The highest BCUT2D eigenvalue weighted by molar-refractivity contribution is 6.03. The zero-order valence-corrected chi connectivity index (χ0v) is 14.6. The average molecular weight is 397 g/mol. The van der Waals surface area contributed by atoms with Gasteiger partial charge in [0.1, 0.15) is 17.7 Å². The van der Waals surface area contributed by atoms with Crippen LogP contribution in [0.15, 0.2) is 41.3 Å². The van der Waals surface area contributed by atoms with Crippen molar-refractivity contribution < 1.29 is 33.3 Å². The molecule has 1 unspecified atom stereocenters. The first-order valence-corrected chi connectivity index (χ1v) is 8.14. The Labute approximate surface area is 157 Å². The van der Waals surface area contributed by atoms with Crippen LogP contribution in [-0.4, -0.2) is 57.5 Å². The van der Waals surface area contributed by atoms with Crippen molar-refractivity contribution in [3.63, 3.8) is 0 Å². The number of aliphatic hydroxyl groups excluding tert-OH is 2. The molecule has 9 nitrogen and oxygen atoms in total. The maximum absolute atomic E-state index is 14.1. The highest BCUT2D eigenvalue weighted by atomic mass is 19.3. The fourth-order valence-corrected chi connectivity index (χ4v) is 2.71. The largest absolute Gasteiger partial charge is 0.497 e. The lowest BCUT2D eigenvalue weighted by atomic mass is 10.1. The molecule has 11 heteroatoms. The SMILES string of the molecule is COc1ccc(C(=O)Nc2ccn(C3O[C@H](CO)[C@@H](O)C3(F)F)c(=O)n2)cc1. The number of hydrogen-bond donors (Lipinski definition) is 3. The van der Waals surface area contributed by atoms with E-state index in [0.29, 0.717) is 10.3 Å². The Bertz CT molecular complexity index is 918. The Hall–Kier alpha value is -2.89. The van der Waals surface area contributed by atoms with Crippen molar-refractivity contribution in [2.45, 2.75) is 24.4 Å².